The summed E-state index contributed by atoms with van der Waals surface area (Å²) in [6, 6.07) is 11.8. The number of halogens is 2. The molecule has 0 aromatic heterocycles. The Balaban J connectivity index is 2.19. The van der Waals surface area contributed by atoms with E-state index in [2.05, 4.69) is 18.7 Å². The molecule has 3 heteroatoms. The van der Waals surface area contributed by atoms with Crippen molar-refractivity contribution in [3.05, 3.63) is 65.2 Å². The smallest absolute Gasteiger partial charge is 0.133 e. The highest BCUT2D eigenvalue weighted by molar-refractivity contribution is 5.71. The lowest BCUT2D eigenvalue weighted by Crippen LogP contribution is -2.21. The molecule has 0 saturated carbocycles. The van der Waals surface area contributed by atoms with E-state index in [1.165, 1.54) is 24.3 Å². The fourth-order valence-electron chi connectivity index (χ4n) is 2.23. The van der Waals surface area contributed by atoms with Crippen LogP contribution in [0.3, 0.4) is 0 Å². The number of hydrogen-bond acceptors (Lipinski definition) is 1. The quantitative estimate of drug-likeness (QED) is 0.701. The van der Waals surface area contributed by atoms with Crippen molar-refractivity contribution in [1.29, 1.82) is 0 Å². The van der Waals surface area contributed by atoms with Crippen LogP contribution in [0.2, 0.25) is 0 Å². The Kier molecular flexibility index (Phi) is 5.09. The van der Waals surface area contributed by atoms with Crippen LogP contribution < -0.4 is 4.90 Å². The second-order valence-corrected chi connectivity index (χ2v) is 4.73. The van der Waals surface area contributed by atoms with Crippen LogP contribution in [0.15, 0.2) is 42.5 Å². The molecule has 110 valence electrons. The van der Waals surface area contributed by atoms with Crippen molar-refractivity contribution < 1.29 is 8.78 Å². The van der Waals surface area contributed by atoms with Gasteiger partial charge in [-0.1, -0.05) is 24.3 Å². The minimum absolute atomic E-state index is 0.00896. The molecule has 2 rings (SSSR count). The summed E-state index contributed by atoms with van der Waals surface area (Å²) in [5.74, 6) is -1.10. The molecule has 0 spiro atoms. The third-order valence-electron chi connectivity index (χ3n) is 3.46. The Morgan fingerprint density at radius 1 is 0.857 bits per heavy atom. The fourth-order valence-corrected chi connectivity index (χ4v) is 2.23. The minimum Gasteiger partial charge on any atom is -0.372 e. The maximum absolute atomic E-state index is 13.5. The SMILES string of the molecule is CCN(CC)c1ccc(C=Cc2c(F)cccc2F)cc1. The molecule has 0 aliphatic heterocycles. The van der Waals surface area contributed by atoms with Crippen LogP contribution in [0.4, 0.5) is 14.5 Å². The number of anilines is 1. The first kappa shape index (κ1) is 15.2. The largest absolute Gasteiger partial charge is 0.372 e. The molecule has 0 atom stereocenters. The van der Waals surface area contributed by atoms with Gasteiger partial charge < -0.3 is 4.90 Å². The third kappa shape index (κ3) is 3.69. The number of rotatable bonds is 5. The van der Waals surface area contributed by atoms with Crippen molar-refractivity contribution in [3.63, 3.8) is 0 Å². The highest BCUT2D eigenvalue weighted by Crippen LogP contribution is 2.18. The lowest BCUT2D eigenvalue weighted by Gasteiger charge is -2.20. The zero-order valence-electron chi connectivity index (χ0n) is 12.3. The number of hydrogen-bond donors (Lipinski definition) is 0. The first-order valence-electron chi connectivity index (χ1n) is 7.12. The van der Waals surface area contributed by atoms with E-state index in [0.29, 0.717) is 0 Å². The topological polar surface area (TPSA) is 3.24 Å². The van der Waals surface area contributed by atoms with Crippen LogP contribution in [-0.4, -0.2) is 13.1 Å². The summed E-state index contributed by atoms with van der Waals surface area (Å²) in [7, 11) is 0. The zero-order valence-corrected chi connectivity index (χ0v) is 12.3. The van der Waals surface area contributed by atoms with Crippen LogP contribution in [0.25, 0.3) is 12.2 Å². The maximum Gasteiger partial charge on any atom is 0.133 e. The molecule has 0 heterocycles. The van der Waals surface area contributed by atoms with Gasteiger partial charge in [0.25, 0.3) is 0 Å². The molecule has 2 aromatic carbocycles. The highest BCUT2D eigenvalue weighted by Gasteiger charge is 2.04. The molecule has 1 nitrogen and oxygen atoms in total. The molecule has 21 heavy (non-hydrogen) atoms. The first-order valence-corrected chi connectivity index (χ1v) is 7.12. The number of nitrogens with zero attached hydrogens (tertiary/aromatic N) is 1. The molecule has 0 saturated heterocycles. The van der Waals surface area contributed by atoms with Gasteiger partial charge in [-0.05, 0) is 49.8 Å². The van der Waals surface area contributed by atoms with E-state index in [1.807, 2.05) is 24.3 Å². The molecule has 2 aromatic rings. The summed E-state index contributed by atoms with van der Waals surface area (Å²) in [5, 5.41) is 0. The Labute approximate surface area is 124 Å². The van der Waals surface area contributed by atoms with Gasteiger partial charge in [0.1, 0.15) is 11.6 Å². The monoisotopic (exact) mass is 287 g/mol. The first-order chi connectivity index (χ1) is 10.2. The summed E-state index contributed by atoms with van der Waals surface area (Å²) in [6.45, 7) is 6.12. The molecule has 0 aliphatic rings. The molecule has 0 fully saturated rings. The lowest BCUT2D eigenvalue weighted by molar-refractivity contribution is 0.579. The van der Waals surface area contributed by atoms with Crippen molar-refractivity contribution in [1.82, 2.24) is 0 Å². The summed E-state index contributed by atoms with van der Waals surface area (Å²) in [5.41, 5.74) is 2.05. The zero-order chi connectivity index (χ0) is 15.2. The van der Waals surface area contributed by atoms with Crippen molar-refractivity contribution >= 4 is 17.8 Å². The highest BCUT2D eigenvalue weighted by atomic mass is 19.1. The van der Waals surface area contributed by atoms with E-state index in [9.17, 15) is 8.78 Å². The molecular formula is C18H19F2N. The van der Waals surface area contributed by atoms with Crippen molar-refractivity contribution in [3.8, 4) is 0 Å². The second-order valence-electron chi connectivity index (χ2n) is 4.73. The van der Waals surface area contributed by atoms with Crippen molar-refractivity contribution in [2.45, 2.75) is 13.8 Å². The predicted molar refractivity (Wildman–Crippen MR) is 85.3 cm³/mol. The van der Waals surface area contributed by atoms with E-state index < -0.39 is 11.6 Å². The summed E-state index contributed by atoms with van der Waals surface area (Å²) in [6.07, 6.45) is 3.19. The van der Waals surface area contributed by atoms with E-state index in [0.717, 1.165) is 24.3 Å². The average Bonchev–Trinajstić information content (AvgIpc) is 2.49. The lowest BCUT2D eigenvalue weighted by atomic mass is 10.1. The van der Waals surface area contributed by atoms with E-state index in [-0.39, 0.29) is 5.56 Å². The summed E-state index contributed by atoms with van der Waals surface area (Å²) < 4.78 is 27.0. The Morgan fingerprint density at radius 3 is 1.95 bits per heavy atom. The molecule has 0 amide bonds. The Morgan fingerprint density at radius 2 is 1.43 bits per heavy atom. The minimum atomic E-state index is -0.550. The number of benzene rings is 2. The van der Waals surface area contributed by atoms with Gasteiger partial charge in [-0.3, -0.25) is 0 Å². The van der Waals surface area contributed by atoms with Crippen LogP contribution in [0, 0.1) is 11.6 Å². The third-order valence-corrected chi connectivity index (χ3v) is 3.46. The van der Waals surface area contributed by atoms with Crippen LogP contribution in [0.1, 0.15) is 25.0 Å². The van der Waals surface area contributed by atoms with Gasteiger partial charge in [0, 0.05) is 24.3 Å². The van der Waals surface area contributed by atoms with Gasteiger partial charge in [0.15, 0.2) is 0 Å². The maximum atomic E-state index is 13.5. The van der Waals surface area contributed by atoms with Gasteiger partial charge in [-0.25, -0.2) is 8.78 Å². The Bertz CT molecular complexity index is 593. The average molecular weight is 287 g/mol. The molecule has 0 unspecified atom stereocenters. The van der Waals surface area contributed by atoms with Gasteiger partial charge in [-0.15, -0.1) is 0 Å². The van der Waals surface area contributed by atoms with Crippen LogP contribution in [0.5, 0.6) is 0 Å². The van der Waals surface area contributed by atoms with Crippen LogP contribution in [-0.2, 0) is 0 Å². The van der Waals surface area contributed by atoms with E-state index >= 15 is 0 Å². The van der Waals surface area contributed by atoms with Crippen molar-refractivity contribution in [2.24, 2.45) is 0 Å². The standard InChI is InChI=1S/C18H19F2N/c1-3-21(4-2)15-11-8-14(9-12-15)10-13-16-17(19)6-5-7-18(16)20/h5-13H,3-4H2,1-2H3. The normalized spacial score (nSPS) is 11.0. The fraction of sp³-hybridized carbons (Fsp3) is 0.222. The Hall–Kier alpha value is -2.16. The summed E-state index contributed by atoms with van der Waals surface area (Å²) in [4.78, 5) is 2.24. The van der Waals surface area contributed by atoms with Gasteiger partial charge >= 0.3 is 0 Å². The molecule has 0 aliphatic carbocycles. The molecular weight excluding hydrogens is 268 g/mol. The predicted octanol–water partition coefficient (Wildman–Crippen LogP) is 4.98. The molecule has 0 bridgehead atoms. The van der Waals surface area contributed by atoms with Crippen LogP contribution >= 0.6 is 0 Å². The summed E-state index contributed by atoms with van der Waals surface area (Å²) >= 11 is 0. The second kappa shape index (κ2) is 7.02. The van der Waals surface area contributed by atoms with Crippen molar-refractivity contribution in [2.75, 3.05) is 18.0 Å². The van der Waals surface area contributed by atoms with E-state index in [1.54, 1.807) is 6.08 Å². The molecule has 0 radical (unpaired) electrons. The van der Waals surface area contributed by atoms with E-state index in [4.69, 9.17) is 0 Å². The van der Waals surface area contributed by atoms with Gasteiger partial charge in [0.2, 0.25) is 0 Å². The van der Waals surface area contributed by atoms with Gasteiger partial charge in [0.05, 0.1) is 0 Å². The molecule has 0 N–H and O–H groups in total. The van der Waals surface area contributed by atoms with Gasteiger partial charge in [-0.2, -0.15) is 0 Å².